The first kappa shape index (κ1) is 11.8. The number of ether oxygens (including phenoxy) is 1. The van der Waals surface area contributed by atoms with Gasteiger partial charge < -0.3 is 9.15 Å². The molecule has 1 unspecified atom stereocenters. The average Bonchev–Trinajstić information content (AvgIpc) is 2.74. The zero-order valence-corrected chi connectivity index (χ0v) is 11.8. The molecule has 0 aliphatic carbocycles. The predicted octanol–water partition coefficient (Wildman–Crippen LogP) is 3.28. The molecule has 18 heavy (non-hydrogen) atoms. The van der Waals surface area contributed by atoms with Crippen molar-refractivity contribution in [3.8, 4) is 5.75 Å². The lowest BCUT2D eigenvalue weighted by atomic mass is 9.97. The Bertz CT molecular complexity index is 687. The van der Waals surface area contributed by atoms with E-state index in [1.54, 1.807) is 0 Å². The van der Waals surface area contributed by atoms with Crippen molar-refractivity contribution >= 4 is 26.9 Å². The van der Waals surface area contributed by atoms with Crippen LogP contribution in [-0.4, -0.2) is 11.9 Å². The molecule has 0 fully saturated rings. The van der Waals surface area contributed by atoms with Crippen molar-refractivity contribution in [2.24, 2.45) is 0 Å². The Morgan fingerprint density at radius 3 is 2.89 bits per heavy atom. The fourth-order valence-corrected chi connectivity index (χ4v) is 3.05. The Hall–Kier alpha value is -1.29. The SMILES string of the molecule is Cc1cc(=O)oc2c(C)c3c(cc12)C(CBr)CO3. The third-order valence-electron chi connectivity index (χ3n) is 3.50. The van der Waals surface area contributed by atoms with Crippen molar-refractivity contribution in [2.75, 3.05) is 11.9 Å². The molecule has 1 aromatic heterocycles. The van der Waals surface area contributed by atoms with Crippen LogP contribution in [0, 0.1) is 13.8 Å². The summed E-state index contributed by atoms with van der Waals surface area (Å²) in [5.74, 6) is 1.25. The predicted molar refractivity (Wildman–Crippen MR) is 74.0 cm³/mol. The summed E-state index contributed by atoms with van der Waals surface area (Å²) in [6.07, 6.45) is 0. The van der Waals surface area contributed by atoms with Crippen LogP contribution < -0.4 is 10.4 Å². The van der Waals surface area contributed by atoms with Gasteiger partial charge in [-0.15, -0.1) is 0 Å². The zero-order valence-electron chi connectivity index (χ0n) is 10.2. The molecular weight excluding hydrogens is 296 g/mol. The quantitative estimate of drug-likeness (QED) is 0.599. The van der Waals surface area contributed by atoms with E-state index in [4.69, 9.17) is 9.15 Å². The molecule has 2 heterocycles. The number of alkyl halides is 1. The van der Waals surface area contributed by atoms with Gasteiger partial charge >= 0.3 is 5.63 Å². The van der Waals surface area contributed by atoms with Crippen LogP contribution in [-0.2, 0) is 0 Å². The van der Waals surface area contributed by atoms with E-state index in [2.05, 4.69) is 22.0 Å². The van der Waals surface area contributed by atoms with Gasteiger partial charge in [-0.2, -0.15) is 0 Å². The molecule has 1 atom stereocenters. The summed E-state index contributed by atoms with van der Waals surface area (Å²) < 4.78 is 11.0. The average molecular weight is 309 g/mol. The number of hydrogen-bond acceptors (Lipinski definition) is 3. The number of aryl methyl sites for hydroxylation is 2. The van der Waals surface area contributed by atoms with Gasteiger partial charge in [-0.25, -0.2) is 4.79 Å². The second kappa shape index (κ2) is 4.12. The summed E-state index contributed by atoms with van der Waals surface area (Å²) in [7, 11) is 0. The van der Waals surface area contributed by atoms with Crippen LogP contribution >= 0.6 is 15.9 Å². The molecule has 3 rings (SSSR count). The maximum Gasteiger partial charge on any atom is 0.336 e. The maximum absolute atomic E-state index is 11.5. The summed E-state index contributed by atoms with van der Waals surface area (Å²) in [5, 5.41) is 1.88. The number of benzene rings is 1. The van der Waals surface area contributed by atoms with Gasteiger partial charge in [0.2, 0.25) is 0 Å². The Balaban J connectivity index is 2.40. The Labute approximate surface area is 113 Å². The topological polar surface area (TPSA) is 39.4 Å². The van der Waals surface area contributed by atoms with Crippen molar-refractivity contribution in [1.29, 1.82) is 0 Å². The van der Waals surface area contributed by atoms with Crippen molar-refractivity contribution in [1.82, 2.24) is 0 Å². The summed E-state index contributed by atoms with van der Waals surface area (Å²) in [4.78, 5) is 11.5. The lowest BCUT2D eigenvalue weighted by Crippen LogP contribution is -2.01. The molecular formula is C14H13BrO3. The van der Waals surface area contributed by atoms with Gasteiger partial charge in [-0.1, -0.05) is 15.9 Å². The van der Waals surface area contributed by atoms with E-state index < -0.39 is 0 Å². The molecule has 94 valence electrons. The zero-order chi connectivity index (χ0) is 12.9. The van der Waals surface area contributed by atoms with Gasteiger partial charge in [0.05, 0.1) is 6.61 Å². The monoisotopic (exact) mass is 308 g/mol. The van der Waals surface area contributed by atoms with Gasteiger partial charge in [0, 0.05) is 33.8 Å². The van der Waals surface area contributed by atoms with Gasteiger partial charge in [-0.3, -0.25) is 0 Å². The Morgan fingerprint density at radius 1 is 1.39 bits per heavy atom. The first-order valence-electron chi connectivity index (χ1n) is 5.88. The Kier molecular flexibility index (Phi) is 2.70. The molecule has 0 saturated carbocycles. The molecule has 0 N–H and O–H groups in total. The number of fused-ring (bicyclic) bond motifs is 2. The second-order valence-electron chi connectivity index (χ2n) is 4.71. The van der Waals surface area contributed by atoms with Gasteiger partial charge in [0.1, 0.15) is 11.3 Å². The number of rotatable bonds is 1. The minimum atomic E-state index is -0.307. The third kappa shape index (κ3) is 1.59. The van der Waals surface area contributed by atoms with E-state index >= 15 is 0 Å². The molecule has 0 bridgehead atoms. The van der Waals surface area contributed by atoms with Crippen molar-refractivity contribution in [3.05, 3.63) is 39.2 Å². The lowest BCUT2D eigenvalue weighted by molar-refractivity contribution is 0.337. The molecule has 2 aromatic rings. The van der Waals surface area contributed by atoms with Crippen molar-refractivity contribution in [3.63, 3.8) is 0 Å². The van der Waals surface area contributed by atoms with E-state index in [0.717, 1.165) is 27.6 Å². The molecule has 1 aromatic carbocycles. The number of halogens is 1. The standard InChI is InChI=1S/C14H13BrO3/c1-7-3-12(16)18-14-8(2)13-11(4-10(7)14)9(5-15)6-17-13/h3-4,9H,5-6H2,1-2H3. The van der Waals surface area contributed by atoms with E-state index in [-0.39, 0.29) is 5.63 Å². The Morgan fingerprint density at radius 2 is 2.17 bits per heavy atom. The smallest absolute Gasteiger partial charge is 0.336 e. The maximum atomic E-state index is 11.5. The lowest BCUT2D eigenvalue weighted by Gasteiger charge is -2.09. The van der Waals surface area contributed by atoms with Crippen LogP contribution in [0.15, 0.2) is 21.3 Å². The molecule has 0 spiro atoms. The van der Waals surface area contributed by atoms with Crippen LogP contribution in [0.1, 0.15) is 22.6 Å². The van der Waals surface area contributed by atoms with Gasteiger partial charge in [-0.05, 0) is 25.5 Å². The number of hydrogen-bond donors (Lipinski definition) is 0. The first-order chi connectivity index (χ1) is 8.61. The minimum absolute atomic E-state index is 0.307. The summed E-state index contributed by atoms with van der Waals surface area (Å²) >= 11 is 3.51. The van der Waals surface area contributed by atoms with E-state index in [0.29, 0.717) is 18.1 Å². The highest BCUT2D eigenvalue weighted by atomic mass is 79.9. The summed E-state index contributed by atoms with van der Waals surface area (Å²) in [5.41, 5.74) is 3.42. The van der Waals surface area contributed by atoms with E-state index in [1.807, 2.05) is 13.8 Å². The molecule has 0 saturated heterocycles. The van der Waals surface area contributed by atoms with Crippen LogP contribution in [0.2, 0.25) is 0 Å². The normalized spacial score (nSPS) is 17.8. The van der Waals surface area contributed by atoms with Crippen molar-refractivity contribution < 1.29 is 9.15 Å². The van der Waals surface area contributed by atoms with Crippen molar-refractivity contribution in [2.45, 2.75) is 19.8 Å². The highest BCUT2D eigenvalue weighted by Crippen LogP contribution is 2.41. The third-order valence-corrected chi connectivity index (χ3v) is 4.29. The van der Waals surface area contributed by atoms with E-state index in [1.165, 1.54) is 11.6 Å². The molecule has 1 aliphatic heterocycles. The highest BCUT2D eigenvalue weighted by Gasteiger charge is 2.27. The van der Waals surface area contributed by atoms with Crippen LogP contribution in [0.4, 0.5) is 0 Å². The molecule has 3 nitrogen and oxygen atoms in total. The minimum Gasteiger partial charge on any atom is -0.492 e. The summed E-state index contributed by atoms with van der Waals surface area (Å²) in [6, 6.07) is 3.63. The van der Waals surface area contributed by atoms with Crippen LogP contribution in [0.5, 0.6) is 5.75 Å². The molecule has 0 radical (unpaired) electrons. The van der Waals surface area contributed by atoms with Gasteiger partial charge in [0.15, 0.2) is 0 Å². The molecule has 1 aliphatic rings. The largest absolute Gasteiger partial charge is 0.492 e. The van der Waals surface area contributed by atoms with Crippen LogP contribution in [0.3, 0.4) is 0 Å². The van der Waals surface area contributed by atoms with E-state index in [9.17, 15) is 4.79 Å². The highest BCUT2D eigenvalue weighted by molar-refractivity contribution is 9.09. The fourth-order valence-electron chi connectivity index (χ4n) is 2.51. The van der Waals surface area contributed by atoms with Gasteiger partial charge in [0.25, 0.3) is 0 Å². The molecule has 4 heteroatoms. The second-order valence-corrected chi connectivity index (χ2v) is 5.35. The molecule has 0 amide bonds. The fraction of sp³-hybridized carbons (Fsp3) is 0.357. The first-order valence-corrected chi connectivity index (χ1v) is 7.00. The van der Waals surface area contributed by atoms with Crippen LogP contribution in [0.25, 0.3) is 11.0 Å². The summed E-state index contributed by atoms with van der Waals surface area (Å²) in [6.45, 7) is 4.56.